The molecular formula is C12H19N3. The van der Waals surface area contributed by atoms with E-state index < -0.39 is 0 Å². The van der Waals surface area contributed by atoms with Crippen LogP contribution >= 0.6 is 0 Å². The molecule has 2 N–H and O–H groups in total. The van der Waals surface area contributed by atoms with Crippen molar-refractivity contribution >= 4 is 0 Å². The summed E-state index contributed by atoms with van der Waals surface area (Å²) in [5.74, 6) is 0. The van der Waals surface area contributed by atoms with Crippen LogP contribution in [0.15, 0.2) is 12.3 Å². The standard InChI is InChI=1S/C12H19N3/c13-12(6-7-12)9-11-5-8-14-15(11)10-3-1-2-4-10/h5,8,10H,1-4,6-7,9,13H2. The number of aromatic nitrogens is 2. The Hall–Kier alpha value is -0.830. The van der Waals surface area contributed by atoms with E-state index in [0.717, 1.165) is 6.42 Å². The van der Waals surface area contributed by atoms with Gasteiger partial charge in [-0.3, -0.25) is 4.68 Å². The summed E-state index contributed by atoms with van der Waals surface area (Å²) in [6.45, 7) is 0. The highest BCUT2D eigenvalue weighted by Crippen LogP contribution is 2.37. The fourth-order valence-electron chi connectivity index (χ4n) is 2.66. The van der Waals surface area contributed by atoms with Crippen LogP contribution in [0.1, 0.15) is 50.3 Å². The lowest BCUT2D eigenvalue weighted by atomic mass is 10.1. The lowest BCUT2D eigenvalue weighted by Gasteiger charge is -2.16. The highest BCUT2D eigenvalue weighted by Gasteiger charge is 2.39. The monoisotopic (exact) mass is 205 g/mol. The molecule has 0 amide bonds. The van der Waals surface area contributed by atoms with Crippen molar-refractivity contribution in [1.82, 2.24) is 9.78 Å². The first-order valence-electron chi connectivity index (χ1n) is 6.08. The van der Waals surface area contributed by atoms with Gasteiger partial charge in [-0.1, -0.05) is 12.8 Å². The quantitative estimate of drug-likeness (QED) is 0.820. The Morgan fingerprint density at radius 1 is 1.40 bits per heavy atom. The molecule has 15 heavy (non-hydrogen) atoms. The van der Waals surface area contributed by atoms with Crippen molar-refractivity contribution in [2.24, 2.45) is 5.73 Å². The summed E-state index contributed by atoms with van der Waals surface area (Å²) in [7, 11) is 0. The normalized spacial score (nSPS) is 24.6. The summed E-state index contributed by atoms with van der Waals surface area (Å²) >= 11 is 0. The minimum atomic E-state index is 0.108. The van der Waals surface area contributed by atoms with Crippen molar-refractivity contribution in [3.8, 4) is 0 Å². The van der Waals surface area contributed by atoms with Gasteiger partial charge in [0.05, 0.1) is 6.04 Å². The molecule has 0 aromatic carbocycles. The number of hydrogen-bond donors (Lipinski definition) is 1. The van der Waals surface area contributed by atoms with Gasteiger partial charge in [0.15, 0.2) is 0 Å². The zero-order valence-electron chi connectivity index (χ0n) is 9.15. The highest BCUT2D eigenvalue weighted by atomic mass is 15.3. The summed E-state index contributed by atoms with van der Waals surface area (Å²) in [5, 5.41) is 4.47. The van der Waals surface area contributed by atoms with Crippen LogP contribution in [0.2, 0.25) is 0 Å². The number of nitrogens with zero attached hydrogens (tertiary/aromatic N) is 2. The van der Waals surface area contributed by atoms with Crippen molar-refractivity contribution in [3.05, 3.63) is 18.0 Å². The zero-order chi connectivity index (χ0) is 10.3. The van der Waals surface area contributed by atoms with Gasteiger partial charge < -0.3 is 5.73 Å². The van der Waals surface area contributed by atoms with E-state index in [9.17, 15) is 0 Å². The molecule has 82 valence electrons. The first-order chi connectivity index (χ1) is 7.27. The third-order valence-electron chi connectivity index (χ3n) is 3.85. The average Bonchev–Trinajstić information content (AvgIpc) is 2.72. The SMILES string of the molecule is NC1(Cc2ccnn2C2CCCC2)CC1. The van der Waals surface area contributed by atoms with Crippen LogP contribution in [0.5, 0.6) is 0 Å². The maximum atomic E-state index is 6.16. The number of nitrogens with two attached hydrogens (primary N) is 1. The molecule has 2 saturated carbocycles. The van der Waals surface area contributed by atoms with E-state index in [2.05, 4.69) is 15.8 Å². The molecule has 0 unspecified atom stereocenters. The van der Waals surface area contributed by atoms with Crippen LogP contribution in [-0.2, 0) is 6.42 Å². The van der Waals surface area contributed by atoms with Crippen LogP contribution in [0, 0.1) is 0 Å². The van der Waals surface area contributed by atoms with E-state index in [4.69, 9.17) is 5.73 Å². The smallest absolute Gasteiger partial charge is 0.0522 e. The summed E-state index contributed by atoms with van der Waals surface area (Å²) in [5.41, 5.74) is 7.62. The lowest BCUT2D eigenvalue weighted by molar-refractivity contribution is 0.441. The Kier molecular flexibility index (Phi) is 2.09. The molecule has 2 aliphatic rings. The second-order valence-corrected chi connectivity index (χ2v) is 5.24. The molecule has 3 heteroatoms. The van der Waals surface area contributed by atoms with Crippen molar-refractivity contribution < 1.29 is 0 Å². The van der Waals surface area contributed by atoms with Gasteiger partial charge in [0.2, 0.25) is 0 Å². The third-order valence-corrected chi connectivity index (χ3v) is 3.85. The molecule has 1 heterocycles. The Balaban J connectivity index is 1.79. The Morgan fingerprint density at radius 3 is 2.80 bits per heavy atom. The summed E-state index contributed by atoms with van der Waals surface area (Å²) in [6, 6.07) is 2.79. The lowest BCUT2D eigenvalue weighted by Crippen LogP contribution is -2.26. The van der Waals surface area contributed by atoms with Crippen LogP contribution < -0.4 is 5.73 Å². The molecule has 2 aliphatic carbocycles. The third kappa shape index (κ3) is 1.81. The Labute approximate surface area is 90.7 Å². The van der Waals surface area contributed by atoms with Crippen LogP contribution in [0.25, 0.3) is 0 Å². The van der Waals surface area contributed by atoms with Gasteiger partial charge >= 0.3 is 0 Å². The summed E-state index contributed by atoms with van der Waals surface area (Å²) in [4.78, 5) is 0. The van der Waals surface area contributed by atoms with Gasteiger partial charge in [0.1, 0.15) is 0 Å². The van der Waals surface area contributed by atoms with E-state index >= 15 is 0 Å². The predicted octanol–water partition coefficient (Wildman–Crippen LogP) is 2.03. The zero-order valence-corrected chi connectivity index (χ0v) is 9.15. The molecule has 0 bridgehead atoms. The number of hydrogen-bond acceptors (Lipinski definition) is 2. The van der Waals surface area contributed by atoms with E-state index in [1.165, 1.54) is 44.2 Å². The minimum Gasteiger partial charge on any atom is -0.325 e. The Morgan fingerprint density at radius 2 is 2.13 bits per heavy atom. The predicted molar refractivity (Wildman–Crippen MR) is 59.6 cm³/mol. The number of rotatable bonds is 3. The molecule has 0 spiro atoms. The van der Waals surface area contributed by atoms with E-state index in [0.29, 0.717) is 6.04 Å². The second-order valence-electron chi connectivity index (χ2n) is 5.24. The fraction of sp³-hybridized carbons (Fsp3) is 0.750. The Bertz CT molecular complexity index is 346. The fourth-order valence-corrected chi connectivity index (χ4v) is 2.66. The molecule has 2 fully saturated rings. The average molecular weight is 205 g/mol. The molecule has 0 saturated heterocycles. The molecule has 0 atom stereocenters. The van der Waals surface area contributed by atoms with Gasteiger partial charge in [0, 0.05) is 23.9 Å². The van der Waals surface area contributed by atoms with Gasteiger partial charge in [-0.2, -0.15) is 5.10 Å². The van der Waals surface area contributed by atoms with Gasteiger partial charge in [-0.15, -0.1) is 0 Å². The first kappa shape index (κ1) is 9.40. The second kappa shape index (κ2) is 3.34. The molecule has 3 nitrogen and oxygen atoms in total. The molecule has 3 rings (SSSR count). The van der Waals surface area contributed by atoms with Crippen molar-refractivity contribution in [2.75, 3.05) is 0 Å². The molecule has 0 radical (unpaired) electrons. The largest absolute Gasteiger partial charge is 0.325 e. The van der Waals surface area contributed by atoms with Crippen LogP contribution in [0.4, 0.5) is 0 Å². The summed E-state index contributed by atoms with van der Waals surface area (Å²) in [6.07, 6.45) is 10.6. The molecule has 0 aliphatic heterocycles. The van der Waals surface area contributed by atoms with Crippen molar-refractivity contribution in [2.45, 2.75) is 56.5 Å². The first-order valence-corrected chi connectivity index (χ1v) is 6.08. The van der Waals surface area contributed by atoms with Crippen LogP contribution in [0.3, 0.4) is 0 Å². The van der Waals surface area contributed by atoms with Gasteiger partial charge in [0.25, 0.3) is 0 Å². The van der Waals surface area contributed by atoms with Crippen LogP contribution in [-0.4, -0.2) is 15.3 Å². The molecule has 1 aromatic rings. The maximum absolute atomic E-state index is 6.16. The highest BCUT2D eigenvalue weighted by molar-refractivity contribution is 5.13. The van der Waals surface area contributed by atoms with Gasteiger partial charge in [-0.05, 0) is 31.7 Å². The minimum absolute atomic E-state index is 0.108. The topological polar surface area (TPSA) is 43.8 Å². The van der Waals surface area contributed by atoms with Gasteiger partial charge in [-0.25, -0.2) is 0 Å². The summed E-state index contributed by atoms with van der Waals surface area (Å²) < 4.78 is 2.24. The maximum Gasteiger partial charge on any atom is 0.0522 e. The van der Waals surface area contributed by atoms with E-state index in [1.807, 2.05) is 6.20 Å². The van der Waals surface area contributed by atoms with E-state index in [1.54, 1.807) is 0 Å². The van der Waals surface area contributed by atoms with Crippen molar-refractivity contribution in [3.63, 3.8) is 0 Å². The molecular weight excluding hydrogens is 186 g/mol. The molecule has 1 aromatic heterocycles. The van der Waals surface area contributed by atoms with E-state index in [-0.39, 0.29) is 5.54 Å². The van der Waals surface area contributed by atoms with Crippen molar-refractivity contribution in [1.29, 1.82) is 0 Å².